The monoisotopic (exact) mass is 268 g/mol. The average Bonchev–Trinajstić information content (AvgIpc) is 3.00. The van der Waals surface area contributed by atoms with E-state index in [-0.39, 0.29) is 0 Å². The number of benzene rings is 1. The zero-order valence-electron chi connectivity index (χ0n) is 11.9. The first-order valence-electron chi connectivity index (χ1n) is 7.22. The molecule has 1 heterocycles. The molecule has 0 amide bonds. The highest BCUT2D eigenvalue weighted by atomic mass is 16.5. The molecule has 0 aliphatic heterocycles. The summed E-state index contributed by atoms with van der Waals surface area (Å²) in [5, 5.41) is 5.68. The van der Waals surface area contributed by atoms with Crippen molar-refractivity contribution in [3.8, 4) is 5.75 Å². The summed E-state index contributed by atoms with van der Waals surface area (Å²) in [4.78, 5) is 4.46. The van der Waals surface area contributed by atoms with E-state index in [4.69, 9.17) is 4.74 Å². The molecule has 104 valence electrons. The normalized spacial score (nSPS) is 14.3. The van der Waals surface area contributed by atoms with E-state index >= 15 is 0 Å². The van der Waals surface area contributed by atoms with Gasteiger partial charge in [-0.15, -0.1) is 0 Å². The summed E-state index contributed by atoms with van der Waals surface area (Å²) in [6.07, 6.45) is 9.15. The van der Waals surface area contributed by atoms with Crippen molar-refractivity contribution in [1.29, 1.82) is 0 Å². The van der Waals surface area contributed by atoms with E-state index in [0.29, 0.717) is 0 Å². The van der Waals surface area contributed by atoms with Crippen molar-refractivity contribution in [1.82, 2.24) is 4.98 Å². The largest absolute Gasteiger partial charge is 0.496 e. The Kier molecular flexibility index (Phi) is 3.86. The van der Waals surface area contributed by atoms with Crippen LogP contribution in [0, 0.1) is 0 Å². The summed E-state index contributed by atoms with van der Waals surface area (Å²) in [7, 11) is 1.70. The number of fused-ring (bicyclic) bond motifs is 1. The topological polar surface area (TPSA) is 34.1 Å². The van der Waals surface area contributed by atoms with Crippen LogP contribution in [0.4, 0.5) is 5.82 Å². The lowest BCUT2D eigenvalue weighted by atomic mass is 10.1. The van der Waals surface area contributed by atoms with Crippen LogP contribution < -0.4 is 10.1 Å². The van der Waals surface area contributed by atoms with E-state index in [1.807, 2.05) is 24.4 Å². The molecule has 0 saturated carbocycles. The van der Waals surface area contributed by atoms with E-state index in [2.05, 4.69) is 22.4 Å². The second-order valence-electron chi connectivity index (χ2n) is 5.15. The molecule has 0 radical (unpaired) electrons. The SMILES string of the molecule is COc1cccc2c(NCCC3=CCCC3)nccc12. The molecule has 1 aliphatic carbocycles. The van der Waals surface area contributed by atoms with Gasteiger partial charge in [-0.1, -0.05) is 23.8 Å². The Morgan fingerprint density at radius 2 is 2.20 bits per heavy atom. The number of hydrogen-bond acceptors (Lipinski definition) is 3. The molecule has 0 unspecified atom stereocenters. The lowest BCUT2D eigenvalue weighted by molar-refractivity contribution is 0.420. The van der Waals surface area contributed by atoms with Crippen molar-refractivity contribution in [3.05, 3.63) is 42.1 Å². The highest BCUT2D eigenvalue weighted by Crippen LogP contribution is 2.29. The number of ether oxygens (including phenoxy) is 1. The van der Waals surface area contributed by atoms with E-state index in [9.17, 15) is 0 Å². The minimum Gasteiger partial charge on any atom is -0.496 e. The quantitative estimate of drug-likeness (QED) is 0.827. The number of nitrogens with zero attached hydrogens (tertiary/aromatic N) is 1. The lowest BCUT2D eigenvalue weighted by Crippen LogP contribution is -2.04. The first-order chi connectivity index (χ1) is 9.88. The highest BCUT2D eigenvalue weighted by molar-refractivity contribution is 5.95. The lowest BCUT2D eigenvalue weighted by Gasteiger charge is -2.11. The van der Waals surface area contributed by atoms with Gasteiger partial charge in [0.05, 0.1) is 7.11 Å². The van der Waals surface area contributed by atoms with Crippen LogP contribution in [0.1, 0.15) is 25.7 Å². The van der Waals surface area contributed by atoms with Gasteiger partial charge in [0, 0.05) is 23.5 Å². The summed E-state index contributed by atoms with van der Waals surface area (Å²) in [5.41, 5.74) is 1.58. The highest BCUT2D eigenvalue weighted by Gasteiger charge is 2.07. The molecule has 0 spiro atoms. The van der Waals surface area contributed by atoms with Crippen LogP contribution in [-0.2, 0) is 0 Å². The summed E-state index contributed by atoms with van der Waals surface area (Å²) < 4.78 is 5.40. The molecule has 20 heavy (non-hydrogen) atoms. The molecule has 3 heteroatoms. The Morgan fingerprint density at radius 3 is 3.00 bits per heavy atom. The Labute approximate surface area is 119 Å². The Balaban J connectivity index is 1.77. The molecule has 1 aromatic heterocycles. The molecule has 0 bridgehead atoms. The molecule has 1 aliphatic rings. The van der Waals surface area contributed by atoms with Gasteiger partial charge >= 0.3 is 0 Å². The fourth-order valence-corrected chi connectivity index (χ4v) is 2.80. The maximum atomic E-state index is 5.40. The molecular formula is C17H20N2O. The summed E-state index contributed by atoms with van der Waals surface area (Å²) in [5.74, 6) is 1.84. The number of allylic oxidation sites excluding steroid dienone is 1. The van der Waals surface area contributed by atoms with Gasteiger partial charge in [0.2, 0.25) is 0 Å². The number of rotatable bonds is 5. The number of pyridine rings is 1. The summed E-state index contributed by atoms with van der Waals surface area (Å²) >= 11 is 0. The molecule has 1 aromatic carbocycles. The van der Waals surface area contributed by atoms with Crippen molar-refractivity contribution >= 4 is 16.6 Å². The third-order valence-electron chi connectivity index (χ3n) is 3.86. The Hall–Kier alpha value is -2.03. The van der Waals surface area contributed by atoms with Gasteiger partial charge in [0.15, 0.2) is 0 Å². The van der Waals surface area contributed by atoms with Gasteiger partial charge in [-0.05, 0) is 37.8 Å². The second kappa shape index (κ2) is 5.95. The minimum atomic E-state index is 0.895. The van der Waals surface area contributed by atoms with E-state index in [1.165, 1.54) is 19.3 Å². The molecule has 1 N–H and O–H groups in total. The number of nitrogens with one attached hydrogen (secondary N) is 1. The molecule has 3 nitrogen and oxygen atoms in total. The van der Waals surface area contributed by atoms with Crippen LogP contribution in [-0.4, -0.2) is 18.6 Å². The van der Waals surface area contributed by atoms with Crippen molar-refractivity contribution in [2.45, 2.75) is 25.7 Å². The number of methoxy groups -OCH3 is 1. The predicted octanol–water partition coefficient (Wildman–Crippen LogP) is 4.16. The summed E-state index contributed by atoms with van der Waals surface area (Å²) in [6.45, 7) is 0.940. The van der Waals surface area contributed by atoms with Gasteiger partial charge in [-0.3, -0.25) is 0 Å². The number of aromatic nitrogens is 1. The Morgan fingerprint density at radius 1 is 1.25 bits per heavy atom. The van der Waals surface area contributed by atoms with E-state index < -0.39 is 0 Å². The van der Waals surface area contributed by atoms with E-state index in [1.54, 1.807) is 12.7 Å². The van der Waals surface area contributed by atoms with Crippen LogP contribution in [0.25, 0.3) is 10.8 Å². The van der Waals surface area contributed by atoms with Gasteiger partial charge in [0.1, 0.15) is 11.6 Å². The van der Waals surface area contributed by atoms with Crippen LogP contribution in [0.15, 0.2) is 42.1 Å². The maximum absolute atomic E-state index is 5.40. The van der Waals surface area contributed by atoms with Crippen LogP contribution in [0.3, 0.4) is 0 Å². The maximum Gasteiger partial charge on any atom is 0.133 e. The first kappa shape index (κ1) is 13.0. The van der Waals surface area contributed by atoms with Crippen LogP contribution in [0.5, 0.6) is 5.75 Å². The third kappa shape index (κ3) is 2.62. The fraction of sp³-hybridized carbons (Fsp3) is 0.353. The van der Waals surface area contributed by atoms with Gasteiger partial charge in [-0.25, -0.2) is 4.98 Å². The standard InChI is InChI=1S/C17H20N2O/c1-20-16-8-4-7-15-14(16)10-12-19-17(15)18-11-9-13-5-2-3-6-13/h4-5,7-8,10,12H,2-3,6,9,11H2,1H3,(H,18,19). The molecule has 2 aromatic rings. The molecule has 0 saturated heterocycles. The minimum absolute atomic E-state index is 0.895. The average molecular weight is 268 g/mol. The predicted molar refractivity (Wildman–Crippen MR) is 83.3 cm³/mol. The third-order valence-corrected chi connectivity index (χ3v) is 3.86. The van der Waals surface area contributed by atoms with Gasteiger partial charge in [-0.2, -0.15) is 0 Å². The van der Waals surface area contributed by atoms with Crippen LogP contribution in [0.2, 0.25) is 0 Å². The van der Waals surface area contributed by atoms with Crippen LogP contribution >= 0.6 is 0 Å². The molecule has 3 rings (SSSR count). The molecule has 0 atom stereocenters. The number of hydrogen-bond donors (Lipinski definition) is 1. The first-order valence-corrected chi connectivity index (χ1v) is 7.22. The van der Waals surface area contributed by atoms with E-state index in [0.717, 1.165) is 35.3 Å². The fourth-order valence-electron chi connectivity index (χ4n) is 2.80. The Bertz CT molecular complexity index is 634. The molecule has 0 fully saturated rings. The zero-order chi connectivity index (χ0) is 13.8. The van der Waals surface area contributed by atoms with Crippen molar-refractivity contribution in [3.63, 3.8) is 0 Å². The van der Waals surface area contributed by atoms with Crippen molar-refractivity contribution in [2.75, 3.05) is 19.0 Å². The van der Waals surface area contributed by atoms with Gasteiger partial charge in [0.25, 0.3) is 0 Å². The number of anilines is 1. The zero-order valence-corrected chi connectivity index (χ0v) is 11.9. The van der Waals surface area contributed by atoms with Gasteiger partial charge < -0.3 is 10.1 Å². The smallest absolute Gasteiger partial charge is 0.133 e. The summed E-state index contributed by atoms with van der Waals surface area (Å²) in [6, 6.07) is 8.07. The second-order valence-corrected chi connectivity index (χ2v) is 5.15. The van der Waals surface area contributed by atoms with Crippen molar-refractivity contribution < 1.29 is 4.74 Å². The molecular weight excluding hydrogens is 248 g/mol. The van der Waals surface area contributed by atoms with Crippen molar-refractivity contribution in [2.24, 2.45) is 0 Å².